The van der Waals surface area contributed by atoms with Gasteiger partial charge in [0.15, 0.2) is 6.10 Å². The molecular weight excluding hydrogens is 596 g/mol. The van der Waals surface area contributed by atoms with Gasteiger partial charge in [-0.3, -0.25) is 4.79 Å². The topological polar surface area (TPSA) is 179 Å². The van der Waals surface area contributed by atoms with Gasteiger partial charge < -0.3 is 34.8 Å². The number of nitrogens with zero attached hydrogens (tertiary/aromatic N) is 6. The molecule has 45 heavy (non-hydrogen) atoms. The normalized spacial score (nSPS) is 28.6. The number of aliphatic hydroxyl groups is 3. The minimum atomic E-state index is -1.36. The Hall–Kier alpha value is -4.19. The molecule has 6 rings (SSSR count). The van der Waals surface area contributed by atoms with Crippen LogP contribution in [0.15, 0.2) is 60.9 Å². The third-order valence-corrected chi connectivity index (χ3v) is 8.02. The monoisotopic (exact) mass is 627 g/mol. The number of hydrogen-bond acceptors (Lipinski definition) is 11. The molecule has 2 saturated heterocycles. The SMILES string of the molecule is CO[C@@H]1[C@@H](n2cc(-c3cccc(F)c3)nn2)[C@@H](O)[C@@H](CO)O[C@H]1C(=O)N[C@@H]1COC[C@H](n2cc(-c3cccc(F)c3)nn2)[C@H]1O. The van der Waals surface area contributed by atoms with E-state index in [0.717, 1.165) is 0 Å². The highest BCUT2D eigenvalue weighted by atomic mass is 19.1. The summed E-state index contributed by atoms with van der Waals surface area (Å²) in [6, 6.07) is 8.89. The highest BCUT2D eigenvalue weighted by Crippen LogP contribution is 2.33. The van der Waals surface area contributed by atoms with Crippen LogP contribution in [0.25, 0.3) is 22.5 Å². The number of hydrogen-bond donors (Lipinski definition) is 4. The van der Waals surface area contributed by atoms with E-state index in [4.69, 9.17) is 14.2 Å². The molecule has 4 heterocycles. The van der Waals surface area contributed by atoms with Crippen LogP contribution in [-0.2, 0) is 19.0 Å². The molecule has 2 aromatic carbocycles. The van der Waals surface area contributed by atoms with Crippen molar-refractivity contribution in [2.45, 2.75) is 48.6 Å². The molecule has 0 saturated carbocycles. The lowest BCUT2D eigenvalue weighted by Gasteiger charge is -2.43. The summed E-state index contributed by atoms with van der Waals surface area (Å²) >= 11 is 0. The van der Waals surface area contributed by atoms with Crippen molar-refractivity contribution >= 4 is 5.91 Å². The number of methoxy groups -OCH3 is 1. The van der Waals surface area contributed by atoms with Crippen molar-refractivity contribution in [1.82, 2.24) is 35.3 Å². The fraction of sp³-hybridized carbons (Fsp3) is 0.414. The molecule has 0 spiro atoms. The molecule has 0 radical (unpaired) electrons. The van der Waals surface area contributed by atoms with E-state index in [0.29, 0.717) is 22.5 Å². The third-order valence-electron chi connectivity index (χ3n) is 8.02. The zero-order chi connectivity index (χ0) is 31.7. The zero-order valence-corrected chi connectivity index (χ0v) is 23.9. The largest absolute Gasteiger partial charge is 0.394 e. The Morgan fingerprint density at radius 1 is 0.978 bits per heavy atom. The van der Waals surface area contributed by atoms with E-state index in [9.17, 15) is 28.9 Å². The lowest BCUT2D eigenvalue weighted by Crippen LogP contribution is -2.63. The van der Waals surface area contributed by atoms with E-state index in [1.807, 2.05) is 0 Å². The number of halogens is 2. The zero-order valence-electron chi connectivity index (χ0n) is 23.9. The van der Waals surface area contributed by atoms with Crippen molar-refractivity contribution in [3.63, 3.8) is 0 Å². The summed E-state index contributed by atoms with van der Waals surface area (Å²) in [7, 11) is 1.33. The fourth-order valence-electron chi connectivity index (χ4n) is 5.70. The lowest BCUT2D eigenvalue weighted by atomic mass is 9.91. The van der Waals surface area contributed by atoms with Gasteiger partial charge >= 0.3 is 0 Å². The number of benzene rings is 2. The molecule has 0 aliphatic carbocycles. The maximum atomic E-state index is 13.8. The predicted octanol–water partition coefficient (Wildman–Crippen LogP) is 0.276. The molecule has 4 aromatic rings. The Balaban J connectivity index is 1.20. The fourth-order valence-corrected chi connectivity index (χ4v) is 5.70. The lowest BCUT2D eigenvalue weighted by molar-refractivity contribution is -0.213. The Morgan fingerprint density at radius 3 is 2.20 bits per heavy atom. The maximum absolute atomic E-state index is 13.8. The molecule has 0 bridgehead atoms. The predicted molar refractivity (Wildman–Crippen MR) is 150 cm³/mol. The van der Waals surface area contributed by atoms with E-state index >= 15 is 0 Å². The third kappa shape index (κ3) is 6.20. The molecule has 2 aliphatic heterocycles. The van der Waals surface area contributed by atoms with Crippen LogP contribution in [0.5, 0.6) is 0 Å². The number of amides is 1. The second-order valence-electron chi connectivity index (χ2n) is 10.9. The van der Waals surface area contributed by atoms with Gasteiger partial charge in [-0.15, -0.1) is 10.2 Å². The van der Waals surface area contributed by atoms with E-state index in [2.05, 4.69) is 25.9 Å². The first kappa shape index (κ1) is 30.8. The van der Waals surface area contributed by atoms with Gasteiger partial charge in [0.2, 0.25) is 0 Å². The van der Waals surface area contributed by atoms with Crippen LogP contribution >= 0.6 is 0 Å². The summed E-state index contributed by atoms with van der Waals surface area (Å²) in [6.07, 6.45) is -3.19. The van der Waals surface area contributed by atoms with Gasteiger partial charge in [-0.05, 0) is 24.3 Å². The van der Waals surface area contributed by atoms with Gasteiger partial charge in [0, 0.05) is 18.2 Å². The average Bonchev–Trinajstić information content (AvgIpc) is 3.73. The van der Waals surface area contributed by atoms with E-state index in [-0.39, 0.29) is 13.2 Å². The van der Waals surface area contributed by atoms with Crippen LogP contribution in [0.3, 0.4) is 0 Å². The van der Waals surface area contributed by atoms with Crippen molar-refractivity contribution in [3.05, 3.63) is 72.6 Å². The van der Waals surface area contributed by atoms with Crippen molar-refractivity contribution < 1.29 is 43.1 Å². The molecule has 14 nitrogen and oxygen atoms in total. The average molecular weight is 628 g/mol. The molecule has 2 fully saturated rings. The number of aliphatic hydroxyl groups excluding tert-OH is 3. The molecule has 2 aliphatic rings. The van der Waals surface area contributed by atoms with Gasteiger partial charge in [-0.1, -0.05) is 34.7 Å². The van der Waals surface area contributed by atoms with Crippen molar-refractivity contribution in [3.8, 4) is 22.5 Å². The summed E-state index contributed by atoms with van der Waals surface area (Å²) in [5, 5.41) is 51.4. The second-order valence-corrected chi connectivity index (χ2v) is 10.9. The number of nitrogens with one attached hydrogen (secondary N) is 1. The van der Waals surface area contributed by atoms with Crippen LogP contribution in [0.2, 0.25) is 0 Å². The van der Waals surface area contributed by atoms with Gasteiger partial charge in [-0.2, -0.15) is 0 Å². The minimum Gasteiger partial charge on any atom is -0.394 e. The Labute approximate surface area is 255 Å². The first-order valence-electron chi connectivity index (χ1n) is 14.2. The van der Waals surface area contributed by atoms with E-state index in [1.165, 1.54) is 53.0 Å². The maximum Gasteiger partial charge on any atom is 0.252 e. The number of carbonyl (C=O) groups is 1. The first-order valence-corrected chi connectivity index (χ1v) is 14.2. The van der Waals surface area contributed by atoms with E-state index in [1.54, 1.807) is 24.4 Å². The van der Waals surface area contributed by atoms with Gasteiger partial charge in [0.05, 0.1) is 38.3 Å². The first-order chi connectivity index (χ1) is 21.8. The number of carbonyl (C=O) groups excluding carboxylic acids is 1. The number of aromatic nitrogens is 6. The summed E-state index contributed by atoms with van der Waals surface area (Å²) in [5.41, 5.74) is 1.65. The van der Waals surface area contributed by atoms with Crippen molar-refractivity contribution in [1.29, 1.82) is 0 Å². The molecule has 2 aromatic heterocycles. The number of rotatable bonds is 8. The smallest absolute Gasteiger partial charge is 0.252 e. The summed E-state index contributed by atoms with van der Waals surface area (Å²) in [4.78, 5) is 13.7. The number of ether oxygens (including phenoxy) is 3. The minimum absolute atomic E-state index is 0.0330. The molecule has 4 N–H and O–H groups in total. The van der Waals surface area contributed by atoms with Gasteiger partial charge in [-0.25, -0.2) is 18.1 Å². The highest BCUT2D eigenvalue weighted by Gasteiger charge is 2.50. The summed E-state index contributed by atoms with van der Waals surface area (Å²) in [5.74, 6) is -1.60. The van der Waals surface area contributed by atoms with Gasteiger partial charge in [0.1, 0.15) is 59.5 Å². The Morgan fingerprint density at radius 2 is 1.60 bits per heavy atom. The van der Waals surface area contributed by atoms with Crippen molar-refractivity contribution in [2.24, 2.45) is 0 Å². The standard InChI is InChI=1S/C29H31F2N7O7/c1-43-27-24(38-11-20(34-36-38)16-5-3-7-18(31)9-16)26(41)23(12-39)45-28(27)29(42)32-21-13-44-14-22(25(21)40)37-10-19(33-35-37)15-4-2-6-17(30)8-15/h2-11,21-28,39-41H,12-14H2,1H3,(H,32,42)/t21-,22+,23-,24+,25+,26+,27-,28-/m1/s1. The highest BCUT2D eigenvalue weighted by molar-refractivity contribution is 5.82. The Bertz CT molecular complexity index is 1640. The molecule has 16 heteroatoms. The Kier molecular flexibility index (Phi) is 8.93. The quantitative estimate of drug-likeness (QED) is 0.211. The molecule has 8 atom stereocenters. The van der Waals surface area contributed by atoms with Crippen LogP contribution < -0.4 is 5.32 Å². The van der Waals surface area contributed by atoms with Gasteiger partial charge in [0.25, 0.3) is 5.91 Å². The summed E-state index contributed by atoms with van der Waals surface area (Å²) < 4.78 is 47.3. The van der Waals surface area contributed by atoms with E-state index < -0.39 is 72.8 Å². The molecule has 238 valence electrons. The van der Waals surface area contributed by atoms with Crippen LogP contribution in [0.4, 0.5) is 8.78 Å². The summed E-state index contributed by atoms with van der Waals surface area (Å²) in [6.45, 7) is -0.587. The van der Waals surface area contributed by atoms with Crippen molar-refractivity contribution in [2.75, 3.05) is 26.9 Å². The molecular formula is C29H31F2N7O7. The second kappa shape index (κ2) is 13.0. The molecule has 0 unspecified atom stereocenters. The van der Waals surface area contributed by atoms with Crippen LogP contribution in [0.1, 0.15) is 12.1 Å². The van der Waals surface area contributed by atoms with Crippen LogP contribution in [0, 0.1) is 11.6 Å². The van der Waals surface area contributed by atoms with Crippen LogP contribution in [-0.4, -0.2) is 115 Å². The molecule has 1 amide bonds.